The van der Waals surface area contributed by atoms with Gasteiger partial charge in [-0.15, -0.1) is 0 Å². The molecule has 11 amide bonds. The molecular formula is C43H65N11O14S. The number of carbonyl (C=O) groups excluding carboxylic acids is 11. The van der Waals surface area contributed by atoms with Crippen LogP contribution in [0.5, 0.6) is 5.75 Å². The minimum atomic E-state index is -4.27. The number of hydrogen-bond donors (Lipinski definition) is 11. The molecule has 3 rings (SSSR count). The highest BCUT2D eigenvalue weighted by molar-refractivity contribution is 7.91. The summed E-state index contributed by atoms with van der Waals surface area (Å²) in [6, 6.07) is -4.84. The number of likely N-dealkylation sites (tertiary alicyclic amines) is 1. The van der Waals surface area contributed by atoms with Gasteiger partial charge in [-0.2, -0.15) is 0 Å². The topological polar surface area (TPSA) is 408 Å². The lowest BCUT2D eigenvalue weighted by Crippen LogP contribution is -2.65. The Morgan fingerprint density at radius 2 is 1.41 bits per heavy atom. The number of nitrogens with zero attached hydrogens (tertiary/aromatic N) is 1. The number of phenols is 1. The minimum absolute atomic E-state index is 0.0713. The molecule has 0 radical (unpaired) electrons. The molecule has 382 valence electrons. The number of nitrogens with one attached hydrogen (secondary N) is 7. The van der Waals surface area contributed by atoms with E-state index in [4.69, 9.17) is 17.2 Å². The molecule has 0 aliphatic carbocycles. The number of benzene rings is 1. The normalized spacial score (nSPS) is 23.8. The molecule has 8 atom stereocenters. The quantitative estimate of drug-likeness (QED) is 0.0701. The van der Waals surface area contributed by atoms with Crippen LogP contribution in [0.4, 0.5) is 0 Å². The van der Waals surface area contributed by atoms with Gasteiger partial charge in [0.2, 0.25) is 65.0 Å². The molecular weight excluding hydrogens is 927 g/mol. The van der Waals surface area contributed by atoms with E-state index in [1.54, 1.807) is 27.7 Å². The lowest BCUT2D eigenvalue weighted by molar-refractivity contribution is -0.150. The van der Waals surface area contributed by atoms with Gasteiger partial charge in [-0.05, 0) is 55.2 Å². The van der Waals surface area contributed by atoms with Crippen LogP contribution in [0.15, 0.2) is 24.3 Å². The van der Waals surface area contributed by atoms with E-state index in [-0.39, 0.29) is 37.5 Å². The predicted molar refractivity (Wildman–Crippen MR) is 245 cm³/mol. The lowest BCUT2D eigenvalue weighted by Gasteiger charge is -2.42. The third-order valence-electron chi connectivity index (χ3n) is 11.5. The van der Waals surface area contributed by atoms with Crippen LogP contribution in [-0.2, 0) is 69.0 Å². The van der Waals surface area contributed by atoms with Crippen LogP contribution >= 0.6 is 0 Å². The molecule has 0 bridgehead atoms. The number of rotatable bonds is 17. The van der Waals surface area contributed by atoms with E-state index in [1.165, 1.54) is 24.3 Å². The van der Waals surface area contributed by atoms with Crippen LogP contribution in [0.2, 0.25) is 0 Å². The van der Waals surface area contributed by atoms with Crippen molar-refractivity contribution in [3.8, 4) is 5.75 Å². The average molecular weight is 992 g/mol. The Balaban J connectivity index is 2.07. The summed E-state index contributed by atoms with van der Waals surface area (Å²) >= 11 is 0. The predicted octanol–water partition coefficient (Wildman–Crippen LogP) is -4.51. The Morgan fingerprint density at radius 3 is 1.97 bits per heavy atom. The zero-order chi connectivity index (χ0) is 51.7. The highest BCUT2D eigenvalue weighted by Gasteiger charge is 2.43. The van der Waals surface area contributed by atoms with Gasteiger partial charge in [-0.1, -0.05) is 46.2 Å². The first-order valence-electron chi connectivity index (χ1n) is 22.5. The fraction of sp³-hybridized carbons (Fsp3) is 0.605. The van der Waals surface area contributed by atoms with Gasteiger partial charge < -0.3 is 64.4 Å². The molecule has 26 heteroatoms. The van der Waals surface area contributed by atoms with Crippen molar-refractivity contribution in [1.29, 1.82) is 0 Å². The second kappa shape index (κ2) is 26.0. The van der Waals surface area contributed by atoms with Crippen LogP contribution in [0.3, 0.4) is 0 Å². The molecule has 0 aromatic heterocycles. The van der Waals surface area contributed by atoms with Crippen molar-refractivity contribution < 1.29 is 66.3 Å². The molecule has 1 aromatic carbocycles. The van der Waals surface area contributed by atoms with Crippen molar-refractivity contribution in [1.82, 2.24) is 42.1 Å². The molecule has 14 N–H and O–H groups in total. The zero-order valence-corrected chi connectivity index (χ0v) is 39.9. The number of phenolic OH excluding ortho intramolecular Hbond substituents is 1. The van der Waals surface area contributed by atoms with Gasteiger partial charge >= 0.3 is 0 Å². The number of carbonyl (C=O) groups is 11. The number of nitrogens with two attached hydrogens (primary N) is 3. The number of sulfone groups is 1. The van der Waals surface area contributed by atoms with Crippen LogP contribution < -0.4 is 54.4 Å². The number of primary amides is 3. The summed E-state index contributed by atoms with van der Waals surface area (Å²) in [7, 11) is -4.27. The average Bonchev–Trinajstić information content (AvgIpc) is 3.25. The van der Waals surface area contributed by atoms with E-state index in [0.29, 0.717) is 12.0 Å². The summed E-state index contributed by atoms with van der Waals surface area (Å²) in [5.74, 6) is -12.9. The van der Waals surface area contributed by atoms with E-state index in [9.17, 15) is 66.3 Å². The number of aromatic hydroxyl groups is 1. The third kappa shape index (κ3) is 18.3. The van der Waals surface area contributed by atoms with E-state index >= 15 is 0 Å². The molecule has 2 aliphatic rings. The summed E-state index contributed by atoms with van der Waals surface area (Å²) < 4.78 is 27.1. The van der Waals surface area contributed by atoms with Crippen molar-refractivity contribution in [3.63, 3.8) is 0 Å². The van der Waals surface area contributed by atoms with E-state index in [1.807, 2.05) is 0 Å². The second-order valence-corrected chi connectivity index (χ2v) is 19.9. The smallest absolute Gasteiger partial charge is 0.245 e. The number of hydrogen-bond acceptors (Lipinski definition) is 14. The van der Waals surface area contributed by atoms with Crippen molar-refractivity contribution >= 4 is 74.8 Å². The molecule has 0 spiro atoms. The molecule has 69 heavy (non-hydrogen) atoms. The summed E-state index contributed by atoms with van der Waals surface area (Å²) in [5, 5.41) is 27.0. The zero-order valence-electron chi connectivity index (χ0n) is 39.0. The summed E-state index contributed by atoms with van der Waals surface area (Å²) in [6.45, 7) is 6.28. The first kappa shape index (κ1) is 56.5. The van der Waals surface area contributed by atoms with Crippen LogP contribution in [-0.4, -0.2) is 150 Å². The SMILES string of the molecule is CC[C@H](C)[C@@H]1NC(=O)[C@H](Cc2ccc(O)cc2)NC(=O)CCS(=O)(=O)CC[C@@H](C(=O)N2CC[C@H]2C(=O)N[C@@H](CC(C)C)C(=O)NCC(N)=O)NC(=O)[C@H](CC(N)=O)NC(=O)[C@H](CCC(N)=O)NC1=O. The molecule has 2 saturated heterocycles. The van der Waals surface area contributed by atoms with Gasteiger partial charge in [0, 0.05) is 25.8 Å². The largest absolute Gasteiger partial charge is 0.508 e. The highest BCUT2D eigenvalue weighted by atomic mass is 32.2. The van der Waals surface area contributed by atoms with E-state index < -0.39 is 173 Å². The molecule has 0 unspecified atom stereocenters. The summed E-state index contributed by atoms with van der Waals surface area (Å²) in [6.07, 6.45) is -2.86. The fourth-order valence-electron chi connectivity index (χ4n) is 7.37. The van der Waals surface area contributed by atoms with Crippen LogP contribution in [0, 0.1) is 11.8 Å². The molecule has 2 fully saturated rings. The first-order chi connectivity index (χ1) is 32.3. The molecule has 0 saturated carbocycles. The van der Waals surface area contributed by atoms with Crippen molar-refractivity contribution in [2.45, 2.75) is 128 Å². The maximum atomic E-state index is 14.3. The first-order valence-corrected chi connectivity index (χ1v) is 24.3. The van der Waals surface area contributed by atoms with Crippen molar-refractivity contribution in [3.05, 3.63) is 29.8 Å². The van der Waals surface area contributed by atoms with Gasteiger partial charge in [0.1, 0.15) is 48.0 Å². The maximum absolute atomic E-state index is 14.3. The summed E-state index contributed by atoms with van der Waals surface area (Å²) in [4.78, 5) is 147. The fourth-order valence-corrected chi connectivity index (χ4v) is 8.66. The third-order valence-corrected chi connectivity index (χ3v) is 13.2. The van der Waals surface area contributed by atoms with Gasteiger partial charge in [0.05, 0.1) is 24.5 Å². The Hall–Kier alpha value is -6.86. The monoisotopic (exact) mass is 991 g/mol. The van der Waals surface area contributed by atoms with E-state index in [0.717, 1.165) is 4.90 Å². The molecule has 2 aliphatic heterocycles. The molecule has 2 heterocycles. The maximum Gasteiger partial charge on any atom is 0.245 e. The Morgan fingerprint density at radius 1 is 0.783 bits per heavy atom. The Kier molecular flexibility index (Phi) is 21.3. The van der Waals surface area contributed by atoms with Gasteiger partial charge in [0.25, 0.3) is 0 Å². The van der Waals surface area contributed by atoms with Crippen molar-refractivity contribution in [2.75, 3.05) is 24.6 Å². The second-order valence-electron chi connectivity index (χ2n) is 17.6. The molecule has 25 nitrogen and oxygen atoms in total. The molecule has 1 aromatic rings. The minimum Gasteiger partial charge on any atom is -0.508 e. The van der Waals surface area contributed by atoms with Crippen LogP contribution in [0.1, 0.15) is 84.6 Å². The Labute approximate surface area is 399 Å². The lowest BCUT2D eigenvalue weighted by atomic mass is 9.96. The van der Waals surface area contributed by atoms with Crippen molar-refractivity contribution in [2.24, 2.45) is 29.0 Å². The van der Waals surface area contributed by atoms with Gasteiger partial charge in [-0.3, -0.25) is 52.7 Å². The van der Waals surface area contributed by atoms with Gasteiger partial charge in [-0.25, -0.2) is 8.42 Å². The number of amides is 11. The summed E-state index contributed by atoms with van der Waals surface area (Å²) in [5.41, 5.74) is 16.4. The highest BCUT2D eigenvalue weighted by Crippen LogP contribution is 2.22. The van der Waals surface area contributed by atoms with Gasteiger partial charge in [0.15, 0.2) is 9.84 Å². The standard InChI is InChI=1S/C43H65N11O14S/c1-5-23(4)36-42(65)49-26(10-11-32(44)56)38(61)51-30(20-33(45)57)39(62)50-27(43(66)54-15-12-31(54)41(64)52-28(18-22(2)3)37(60)47-21-34(46)58)13-16-69(67,68)17-14-35(59)48-29(40(63)53-36)19-24-6-8-25(55)9-7-24/h6-9,22-23,26-31,36,55H,5,10-21H2,1-4H3,(H2,44,56)(H2,45,57)(H2,46,58)(H,47,60)(H,48,59)(H,49,65)(H,50,62)(H,51,61)(H,52,64)(H,53,63)/t23-,26-,27-,28-,29-,30-,31-,36-/m0/s1. The Bertz CT molecular complexity index is 2210. The van der Waals surface area contributed by atoms with Crippen LogP contribution in [0.25, 0.3) is 0 Å². The van der Waals surface area contributed by atoms with E-state index in [2.05, 4.69) is 37.2 Å².